The third-order valence-corrected chi connectivity index (χ3v) is 4.71. The van der Waals surface area contributed by atoms with Gasteiger partial charge in [-0.15, -0.1) is 0 Å². The Hall–Kier alpha value is -3.34. The van der Waals surface area contributed by atoms with Gasteiger partial charge in [-0.3, -0.25) is 9.78 Å². The highest BCUT2D eigenvalue weighted by molar-refractivity contribution is 5.94. The van der Waals surface area contributed by atoms with Gasteiger partial charge in [-0.25, -0.2) is 0 Å². The van der Waals surface area contributed by atoms with Crippen molar-refractivity contribution < 1.29 is 14.3 Å². The smallest absolute Gasteiger partial charge is 0.256 e. The Bertz CT molecular complexity index is 929. The van der Waals surface area contributed by atoms with Gasteiger partial charge in [0.1, 0.15) is 0 Å². The fourth-order valence-corrected chi connectivity index (χ4v) is 3.19. The molecule has 2 aromatic carbocycles. The van der Waals surface area contributed by atoms with Gasteiger partial charge in [0, 0.05) is 18.9 Å². The molecule has 4 rings (SSSR count). The van der Waals surface area contributed by atoms with Gasteiger partial charge in [-0.1, -0.05) is 36.4 Å². The lowest BCUT2D eigenvalue weighted by molar-refractivity contribution is 0.0673. The van der Waals surface area contributed by atoms with Crippen molar-refractivity contribution in [1.29, 1.82) is 0 Å². The zero-order chi connectivity index (χ0) is 18.6. The summed E-state index contributed by atoms with van der Waals surface area (Å²) in [5.41, 5.74) is 2.63. The predicted octanol–water partition coefficient (Wildman–Crippen LogP) is 4.21. The molecule has 0 spiro atoms. The van der Waals surface area contributed by atoms with E-state index in [1.165, 1.54) is 0 Å². The Morgan fingerprint density at radius 1 is 1.07 bits per heavy atom. The Morgan fingerprint density at radius 2 is 1.89 bits per heavy atom. The second-order valence-corrected chi connectivity index (χ2v) is 6.45. The van der Waals surface area contributed by atoms with Crippen LogP contribution in [0.5, 0.6) is 11.5 Å². The molecular formula is C22H20N2O3. The normalized spacial score (nSPS) is 13.2. The second-order valence-electron chi connectivity index (χ2n) is 6.45. The third-order valence-electron chi connectivity index (χ3n) is 4.71. The standard InChI is InChI=1S/C22H20N2O3/c1-16(18-6-3-2-4-7-18)24(22(25)19-8-5-11-23-13-19)14-17-9-10-20-21(12-17)27-15-26-20/h2-13,16H,14-15H2,1H3/t16-/m1/s1. The van der Waals surface area contributed by atoms with Gasteiger partial charge in [0.05, 0.1) is 11.6 Å². The quantitative estimate of drug-likeness (QED) is 0.684. The number of nitrogens with zero attached hydrogens (tertiary/aromatic N) is 2. The van der Waals surface area contributed by atoms with Crippen LogP contribution in [-0.2, 0) is 6.54 Å². The van der Waals surface area contributed by atoms with E-state index in [1.54, 1.807) is 24.5 Å². The Kier molecular flexibility index (Phi) is 4.75. The molecule has 5 heteroatoms. The summed E-state index contributed by atoms with van der Waals surface area (Å²) in [7, 11) is 0. The van der Waals surface area contributed by atoms with Crippen molar-refractivity contribution in [3.05, 3.63) is 89.7 Å². The SMILES string of the molecule is C[C@H](c1ccccc1)N(Cc1ccc2c(c1)OCO2)C(=O)c1cccnc1. The van der Waals surface area contributed by atoms with E-state index in [4.69, 9.17) is 9.47 Å². The van der Waals surface area contributed by atoms with E-state index in [1.807, 2.05) is 60.4 Å². The van der Waals surface area contributed by atoms with Crippen molar-refractivity contribution in [1.82, 2.24) is 9.88 Å². The molecule has 0 unspecified atom stereocenters. The van der Waals surface area contributed by atoms with Crippen LogP contribution in [0.15, 0.2) is 73.1 Å². The van der Waals surface area contributed by atoms with Gasteiger partial charge < -0.3 is 14.4 Å². The van der Waals surface area contributed by atoms with E-state index >= 15 is 0 Å². The largest absolute Gasteiger partial charge is 0.454 e. The molecule has 3 aromatic rings. The van der Waals surface area contributed by atoms with E-state index < -0.39 is 0 Å². The summed E-state index contributed by atoms with van der Waals surface area (Å²) in [6.07, 6.45) is 3.27. The number of hydrogen-bond donors (Lipinski definition) is 0. The molecule has 5 nitrogen and oxygen atoms in total. The molecule has 136 valence electrons. The summed E-state index contributed by atoms with van der Waals surface area (Å²) in [6.45, 7) is 2.73. The van der Waals surface area contributed by atoms with E-state index in [9.17, 15) is 4.79 Å². The van der Waals surface area contributed by atoms with Crippen molar-refractivity contribution >= 4 is 5.91 Å². The highest BCUT2D eigenvalue weighted by atomic mass is 16.7. The van der Waals surface area contributed by atoms with Gasteiger partial charge in [0.2, 0.25) is 6.79 Å². The van der Waals surface area contributed by atoms with Crippen molar-refractivity contribution in [2.75, 3.05) is 6.79 Å². The molecule has 0 N–H and O–H groups in total. The number of fused-ring (bicyclic) bond motifs is 1. The average Bonchev–Trinajstić information content (AvgIpc) is 3.20. The summed E-state index contributed by atoms with van der Waals surface area (Å²) in [6, 6.07) is 19.3. The first-order chi connectivity index (χ1) is 13.2. The average molecular weight is 360 g/mol. The minimum atomic E-state index is -0.0932. The van der Waals surface area contributed by atoms with Crippen LogP contribution in [0.3, 0.4) is 0 Å². The Labute approximate surface area is 158 Å². The number of amides is 1. The van der Waals surface area contributed by atoms with Crippen molar-refractivity contribution in [2.24, 2.45) is 0 Å². The summed E-state index contributed by atoms with van der Waals surface area (Å²) < 4.78 is 10.9. The maximum absolute atomic E-state index is 13.2. The first-order valence-electron chi connectivity index (χ1n) is 8.87. The molecule has 0 saturated carbocycles. The number of aromatic nitrogens is 1. The fourth-order valence-electron chi connectivity index (χ4n) is 3.19. The van der Waals surface area contributed by atoms with Crippen LogP contribution in [0.4, 0.5) is 0 Å². The van der Waals surface area contributed by atoms with Crippen LogP contribution in [0.2, 0.25) is 0 Å². The first kappa shape index (κ1) is 17.1. The molecule has 0 saturated heterocycles. The number of carbonyl (C=O) groups is 1. The van der Waals surface area contributed by atoms with Crippen molar-refractivity contribution in [3.8, 4) is 11.5 Å². The maximum atomic E-state index is 13.2. The van der Waals surface area contributed by atoms with Crippen LogP contribution in [0, 0.1) is 0 Å². The molecule has 0 fully saturated rings. The summed E-state index contributed by atoms with van der Waals surface area (Å²) in [5, 5.41) is 0. The number of benzene rings is 2. The minimum absolute atomic E-state index is 0.0582. The van der Waals surface area contributed by atoms with Crippen molar-refractivity contribution in [2.45, 2.75) is 19.5 Å². The fraction of sp³-hybridized carbons (Fsp3) is 0.182. The lowest BCUT2D eigenvalue weighted by Gasteiger charge is -2.30. The Balaban J connectivity index is 1.66. The lowest BCUT2D eigenvalue weighted by Crippen LogP contribution is -2.33. The lowest BCUT2D eigenvalue weighted by atomic mass is 10.0. The molecule has 1 amide bonds. The van der Waals surface area contributed by atoms with Crippen LogP contribution in [-0.4, -0.2) is 22.6 Å². The van der Waals surface area contributed by atoms with E-state index in [-0.39, 0.29) is 18.7 Å². The van der Waals surface area contributed by atoms with E-state index in [0.717, 1.165) is 16.9 Å². The van der Waals surface area contributed by atoms with Crippen LogP contribution >= 0.6 is 0 Å². The molecule has 0 aliphatic carbocycles. The van der Waals surface area contributed by atoms with Gasteiger partial charge in [0.15, 0.2) is 11.5 Å². The second kappa shape index (κ2) is 7.50. The molecule has 1 aromatic heterocycles. The number of pyridine rings is 1. The highest BCUT2D eigenvalue weighted by Crippen LogP contribution is 2.34. The van der Waals surface area contributed by atoms with Crippen LogP contribution in [0.1, 0.15) is 34.5 Å². The number of rotatable bonds is 5. The molecule has 1 aliphatic heterocycles. The maximum Gasteiger partial charge on any atom is 0.256 e. The molecule has 0 radical (unpaired) electrons. The van der Waals surface area contributed by atoms with Crippen LogP contribution < -0.4 is 9.47 Å². The summed E-state index contributed by atoms with van der Waals surface area (Å²) in [4.78, 5) is 19.2. The zero-order valence-corrected chi connectivity index (χ0v) is 15.0. The van der Waals surface area contributed by atoms with Gasteiger partial charge in [-0.2, -0.15) is 0 Å². The van der Waals surface area contributed by atoms with E-state index in [0.29, 0.717) is 17.9 Å². The molecule has 0 bridgehead atoms. The van der Waals surface area contributed by atoms with Crippen molar-refractivity contribution in [3.63, 3.8) is 0 Å². The number of hydrogen-bond acceptors (Lipinski definition) is 4. The molecular weight excluding hydrogens is 340 g/mol. The summed E-state index contributed by atoms with van der Waals surface area (Å²) >= 11 is 0. The van der Waals surface area contributed by atoms with Crippen LogP contribution in [0.25, 0.3) is 0 Å². The van der Waals surface area contributed by atoms with Gasteiger partial charge in [-0.05, 0) is 42.3 Å². The summed E-state index contributed by atoms with van der Waals surface area (Å²) in [5.74, 6) is 1.39. The first-order valence-corrected chi connectivity index (χ1v) is 8.87. The third kappa shape index (κ3) is 3.62. The number of ether oxygens (including phenoxy) is 2. The Morgan fingerprint density at radius 3 is 2.67 bits per heavy atom. The molecule has 1 aliphatic rings. The van der Waals surface area contributed by atoms with E-state index in [2.05, 4.69) is 4.98 Å². The molecule has 27 heavy (non-hydrogen) atoms. The zero-order valence-electron chi connectivity index (χ0n) is 15.0. The highest BCUT2D eigenvalue weighted by Gasteiger charge is 2.24. The van der Waals surface area contributed by atoms with Gasteiger partial charge >= 0.3 is 0 Å². The van der Waals surface area contributed by atoms with Gasteiger partial charge in [0.25, 0.3) is 5.91 Å². The predicted molar refractivity (Wildman–Crippen MR) is 102 cm³/mol. The molecule has 2 heterocycles. The monoisotopic (exact) mass is 360 g/mol. The molecule has 1 atom stereocenters. The minimum Gasteiger partial charge on any atom is -0.454 e. The number of carbonyl (C=O) groups excluding carboxylic acids is 1. The topological polar surface area (TPSA) is 51.7 Å².